The first-order valence-electron chi connectivity index (χ1n) is 12.7. The maximum atomic E-state index is 13.3. The summed E-state index contributed by atoms with van der Waals surface area (Å²) in [4.78, 5) is 24.4. The van der Waals surface area contributed by atoms with Gasteiger partial charge in [0.2, 0.25) is 0 Å². The number of nitrogens with one attached hydrogen (secondary N) is 1. The van der Waals surface area contributed by atoms with Crippen molar-refractivity contribution in [3.05, 3.63) is 106 Å². The molecule has 5 heteroatoms. The molecule has 2 N–H and O–H groups in total. The lowest BCUT2D eigenvalue weighted by atomic mass is 9.62. The number of carboxylic acid groups (broad SMARTS) is 1. The van der Waals surface area contributed by atoms with Gasteiger partial charge in [-0.05, 0) is 94.8 Å². The molecule has 3 aromatic carbocycles. The highest BCUT2D eigenvalue weighted by molar-refractivity contribution is 6.07. The van der Waals surface area contributed by atoms with Crippen molar-refractivity contribution in [3.8, 4) is 0 Å². The number of ketones is 1. The first-order chi connectivity index (χ1) is 17.5. The molecule has 1 aliphatic rings. The smallest absolute Gasteiger partial charge is 0.335 e. The fourth-order valence-electron chi connectivity index (χ4n) is 5.07. The van der Waals surface area contributed by atoms with E-state index in [1.165, 1.54) is 35.4 Å². The van der Waals surface area contributed by atoms with Gasteiger partial charge < -0.3 is 10.4 Å². The SMILES string of the molecule is CC1(C)CCC(C)(C)c2c(NCCc3ccc(F)cc3)cc(C(=O)C=Cc3ccc(C(=O)O)cc3)cc21. The summed E-state index contributed by atoms with van der Waals surface area (Å²) in [5.74, 6) is -1.33. The second-order valence-electron chi connectivity index (χ2n) is 11.1. The molecule has 3 aromatic rings. The fourth-order valence-corrected chi connectivity index (χ4v) is 5.07. The maximum absolute atomic E-state index is 13.3. The number of anilines is 1. The van der Waals surface area contributed by atoms with E-state index < -0.39 is 5.97 Å². The van der Waals surface area contributed by atoms with Gasteiger partial charge >= 0.3 is 5.97 Å². The van der Waals surface area contributed by atoms with Crippen molar-refractivity contribution >= 4 is 23.5 Å². The van der Waals surface area contributed by atoms with E-state index in [9.17, 15) is 14.0 Å². The molecule has 0 atom stereocenters. The second kappa shape index (κ2) is 10.3. The van der Waals surface area contributed by atoms with Crippen LogP contribution >= 0.6 is 0 Å². The third-order valence-electron chi connectivity index (χ3n) is 7.43. The van der Waals surface area contributed by atoms with Crippen LogP contribution in [0.2, 0.25) is 0 Å². The molecule has 4 nitrogen and oxygen atoms in total. The number of rotatable bonds is 8. The lowest BCUT2D eigenvalue weighted by Gasteiger charge is -2.43. The summed E-state index contributed by atoms with van der Waals surface area (Å²) in [6.07, 6.45) is 6.08. The molecule has 0 fully saturated rings. The summed E-state index contributed by atoms with van der Waals surface area (Å²) in [6, 6.07) is 17.0. The van der Waals surface area contributed by atoms with Gasteiger partial charge in [0.15, 0.2) is 5.78 Å². The third-order valence-corrected chi connectivity index (χ3v) is 7.43. The van der Waals surface area contributed by atoms with Crippen LogP contribution in [0.3, 0.4) is 0 Å². The Labute approximate surface area is 218 Å². The molecule has 0 amide bonds. The minimum atomic E-state index is -0.981. The molecule has 192 valence electrons. The van der Waals surface area contributed by atoms with Crippen LogP contribution in [0.4, 0.5) is 10.1 Å². The molecule has 0 unspecified atom stereocenters. The highest BCUT2D eigenvalue weighted by atomic mass is 19.1. The molecule has 0 saturated carbocycles. The van der Waals surface area contributed by atoms with Crippen LogP contribution in [0.15, 0.2) is 66.7 Å². The molecule has 4 rings (SSSR count). The van der Waals surface area contributed by atoms with E-state index in [0.29, 0.717) is 12.1 Å². The van der Waals surface area contributed by atoms with E-state index in [0.717, 1.165) is 36.1 Å². The van der Waals surface area contributed by atoms with Crippen molar-refractivity contribution in [3.63, 3.8) is 0 Å². The zero-order valence-corrected chi connectivity index (χ0v) is 21.9. The first-order valence-corrected chi connectivity index (χ1v) is 12.7. The number of benzene rings is 3. The summed E-state index contributed by atoms with van der Waals surface area (Å²) < 4.78 is 13.3. The van der Waals surface area contributed by atoms with Crippen molar-refractivity contribution in [2.24, 2.45) is 0 Å². The van der Waals surface area contributed by atoms with Gasteiger partial charge in [-0.3, -0.25) is 4.79 Å². The zero-order valence-electron chi connectivity index (χ0n) is 21.9. The number of aromatic carboxylic acids is 1. The van der Waals surface area contributed by atoms with Crippen molar-refractivity contribution in [2.75, 3.05) is 11.9 Å². The van der Waals surface area contributed by atoms with Crippen LogP contribution in [0, 0.1) is 5.82 Å². The highest BCUT2D eigenvalue weighted by Gasteiger charge is 2.39. The normalized spacial score (nSPS) is 15.8. The summed E-state index contributed by atoms with van der Waals surface area (Å²) in [5, 5.41) is 12.7. The number of carbonyl (C=O) groups excluding carboxylic acids is 1. The van der Waals surface area contributed by atoms with Gasteiger partial charge in [-0.25, -0.2) is 9.18 Å². The van der Waals surface area contributed by atoms with Gasteiger partial charge in [0.1, 0.15) is 5.82 Å². The molecule has 1 aliphatic carbocycles. The minimum Gasteiger partial charge on any atom is -0.478 e. The Hall–Kier alpha value is -3.73. The molecule has 0 radical (unpaired) electrons. The Bertz CT molecular complexity index is 1340. The monoisotopic (exact) mass is 499 g/mol. The number of hydrogen-bond donors (Lipinski definition) is 2. The molecule has 0 heterocycles. The number of halogens is 1. The topological polar surface area (TPSA) is 66.4 Å². The highest BCUT2D eigenvalue weighted by Crippen LogP contribution is 2.49. The largest absolute Gasteiger partial charge is 0.478 e. The quantitative estimate of drug-likeness (QED) is 0.250. The zero-order chi connectivity index (χ0) is 26.8. The van der Waals surface area contributed by atoms with Gasteiger partial charge in [0.25, 0.3) is 0 Å². The first kappa shape index (κ1) is 26.3. The molecular weight excluding hydrogens is 465 g/mol. The van der Waals surface area contributed by atoms with Gasteiger partial charge in [-0.1, -0.05) is 58.0 Å². The van der Waals surface area contributed by atoms with Gasteiger partial charge in [0, 0.05) is 17.8 Å². The fraction of sp³-hybridized carbons (Fsp3) is 0.312. The van der Waals surface area contributed by atoms with Crippen LogP contribution < -0.4 is 5.32 Å². The maximum Gasteiger partial charge on any atom is 0.335 e. The standard InChI is InChI=1S/C32H34FNO3/c1-31(2)16-17-32(3,4)29-26(31)19-24(20-27(29)34-18-15-22-7-12-25(33)13-8-22)28(35)14-9-21-5-10-23(11-6-21)30(36)37/h5-14,19-20,34H,15-18H2,1-4H3,(H,36,37). The summed E-state index contributed by atoms with van der Waals surface area (Å²) in [7, 11) is 0. The van der Waals surface area contributed by atoms with Crippen LogP contribution in [0.25, 0.3) is 6.08 Å². The molecule has 0 saturated heterocycles. The number of carbonyl (C=O) groups is 2. The van der Waals surface area contributed by atoms with E-state index in [2.05, 4.69) is 33.0 Å². The predicted octanol–water partition coefficient (Wildman–Crippen LogP) is 7.42. The third kappa shape index (κ3) is 5.99. The number of allylic oxidation sites excluding steroid dienone is 1. The molecule has 0 aromatic heterocycles. The van der Waals surface area contributed by atoms with E-state index in [1.54, 1.807) is 36.4 Å². The number of hydrogen-bond acceptors (Lipinski definition) is 3. The second-order valence-corrected chi connectivity index (χ2v) is 11.1. The molecular formula is C32H34FNO3. The summed E-state index contributed by atoms with van der Waals surface area (Å²) in [6.45, 7) is 9.65. The Kier molecular flexibility index (Phi) is 7.35. The minimum absolute atomic E-state index is 0.0354. The average molecular weight is 500 g/mol. The van der Waals surface area contributed by atoms with Crippen LogP contribution in [-0.4, -0.2) is 23.4 Å². The van der Waals surface area contributed by atoms with Crippen LogP contribution in [0.5, 0.6) is 0 Å². The summed E-state index contributed by atoms with van der Waals surface area (Å²) >= 11 is 0. The van der Waals surface area contributed by atoms with Gasteiger partial charge in [-0.15, -0.1) is 0 Å². The van der Waals surface area contributed by atoms with Crippen molar-refractivity contribution in [1.29, 1.82) is 0 Å². The molecule has 0 bridgehead atoms. The number of carboxylic acids is 1. The Morgan fingerprint density at radius 3 is 2.22 bits per heavy atom. The van der Waals surface area contributed by atoms with Gasteiger partial charge in [0.05, 0.1) is 5.56 Å². The van der Waals surface area contributed by atoms with Gasteiger partial charge in [-0.2, -0.15) is 0 Å². The lowest BCUT2D eigenvalue weighted by Crippen LogP contribution is -2.35. The van der Waals surface area contributed by atoms with Crippen molar-refractivity contribution in [2.45, 2.75) is 57.8 Å². The van der Waals surface area contributed by atoms with E-state index in [-0.39, 0.29) is 28.0 Å². The molecule has 0 aliphatic heterocycles. The number of fused-ring (bicyclic) bond motifs is 1. The van der Waals surface area contributed by atoms with Crippen LogP contribution in [0.1, 0.15) is 83.5 Å². The predicted molar refractivity (Wildman–Crippen MR) is 147 cm³/mol. The lowest BCUT2D eigenvalue weighted by molar-refractivity contribution is 0.0696. The molecule has 37 heavy (non-hydrogen) atoms. The Balaban J connectivity index is 1.64. The van der Waals surface area contributed by atoms with E-state index >= 15 is 0 Å². The summed E-state index contributed by atoms with van der Waals surface area (Å²) in [5.41, 5.74) is 5.95. The van der Waals surface area contributed by atoms with E-state index in [1.807, 2.05) is 12.1 Å². The average Bonchev–Trinajstić information content (AvgIpc) is 2.86. The van der Waals surface area contributed by atoms with Crippen molar-refractivity contribution in [1.82, 2.24) is 0 Å². The van der Waals surface area contributed by atoms with Crippen LogP contribution in [-0.2, 0) is 17.3 Å². The Morgan fingerprint density at radius 1 is 0.919 bits per heavy atom. The molecule has 0 spiro atoms. The van der Waals surface area contributed by atoms with E-state index in [4.69, 9.17) is 5.11 Å². The van der Waals surface area contributed by atoms with Crippen molar-refractivity contribution < 1.29 is 19.1 Å². The Morgan fingerprint density at radius 2 is 1.57 bits per heavy atom.